The van der Waals surface area contributed by atoms with Gasteiger partial charge in [-0.3, -0.25) is 0 Å². The summed E-state index contributed by atoms with van der Waals surface area (Å²) in [7, 11) is -1.38. The van der Waals surface area contributed by atoms with E-state index in [1.165, 1.54) is 25.7 Å². The smallest absolute Gasteiger partial charge is 0.184 e. The summed E-state index contributed by atoms with van der Waals surface area (Å²) in [6.07, 6.45) is 8.20. The Morgan fingerprint density at radius 1 is 1.31 bits per heavy atom. The van der Waals surface area contributed by atoms with Gasteiger partial charge in [-0.1, -0.05) is 18.9 Å². The Balaban J connectivity index is 2.61. The zero-order valence-electron chi connectivity index (χ0n) is 9.23. The summed E-state index contributed by atoms with van der Waals surface area (Å²) in [5.41, 5.74) is 0.173. The molecule has 1 fully saturated rings. The van der Waals surface area contributed by atoms with Crippen molar-refractivity contribution in [3.8, 4) is 0 Å². The van der Waals surface area contributed by atoms with Crippen molar-refractivity contribution in [2.24, 2.45) is 0 Å². The molecule has 2 heteroatoms. The summed E-state index contributed by atoms with van der Waals surface area (Å²) in [6.45, 7) is 10.7. The lowest BCUT2D eigenvalue weighted by molar-refractivity contribution is 0.0712. The maximum absolute atomic E-state index is 6.29. The summed E-state index contributed by atoms with van der Waals surface area (Å²) >= 11 is 0. The molecule has 0 aliphatic heterocycles. The van der Waals surface area contributed by atoms with E-state index in [0.29, 0.717) is 0 Å². The Bertz CT molecular complexity index is 175. The van der Waals surface area contributed by atoms with E-state index in [2.05, 4.69) is 26.2 Å². The van der Waals surface area contributed by atoms with E-state index in [9.17, 15) is 0 Å². The second-order valence-electron chi connectivity index (χ2n) is 5.10. The molecule has 0 unspecified atom stereocenters. The molecule has 0 amide bonds. The van der Waals surface area contributed by atoms with Crippen molar-refractivity contribution in [3.05, 3.63) is 12.7 Å². The Morgan fingerprint density at radius 2 is 1.85 bits per heavy atom. The van der Waals surface area contributed by atoms with Crippen LogP contribution in [0, 0.1) is 0 Å². The highest BCUT2D eigenvalue weighted by atomic mass is 28.4. The second-order valence-corrected chi connectivity index (χ2v) is 9.53. The highest BCUT2D eigenvalue weighted by molar-refractivity contribution is 6.69. The molecular weight excluding hydrogens is 176 g/mol. The average molecular weight is 198 g/mol. The van der Waals surface area contributed by atoms with Gasteiger partial charge in [-0.05, 0) is 38.9 Å². The van der Waals surface area contributed by atoms with E-state index in [4.69, 9.17) is 4.43 Å². The lowest BCUT2D eigenvalue weighted by Gasteiger charge is -2.35. The van der Waals surface area contributed by atoms with E-state index < -0.39 is 8.32 Å². The zero-order valence-corrected chi connectivity index (χ0v) is 10.2. The zero-order chi connectivity index (χ0) is 9.95. The van der Waals surface area contributed by atoms with Crippen molar-refractivity contribution in [2.75, 3.05) is 0 Å². The molecule has 0 bridgehead atoms. The predicted octanol–water partition coefficient (Wildman–Crippen LogP) is 3.73. The third-order valence-electron chi connectivity index (χ3n) is 2.55. The van der Waals surface area contributed by atoms with Crippen LogP contribution in [0.3, 0.4) is 0 Å². The van der Waals surface area contributed by atoms with Crippen LogP contribution in [0.25, 0.3) is 0 Å². The van der Waals surface area contributed by atoms with Gasteiger partial charge in [0.25, 0.3) is 0 Å². The normalized spacial score (nSPS) is 21.8. The maximum atomic E-state index is 6.29. The molecule has 0 aromatic heterocycles. The summed E-state index contributed by atoms with van der Waals surface area (Å²) in [5.74, 6) is 0. The minimum absolute atomic E-state index is 0.173. The molecular formula is C11H22OSi. The summed E-state index contributed by atoms with van der Waals surface area (Å²) in [4.78, 5) is 0. The van der Waals surface area contributed by atoms with E-state index in [-0.39, 0.29) is 5.60 Å². The molecule has 1 rings (SSSR count). The molecule has 13 heavy (non-hydrogen) atoms. The molecule has 0 radical (unpaired) electrons. The van der Waals surface area contributed by atoms with Gasteiger partial charge in [0.15, 0.2) is 8.32 Å². The second kappa shape index (κ2) is 3.97. The molecule has 1 aliphatic rings. The molecule has 0 N–H and O–H groups in total. The molecule has 1 aliphatic carbocycles. The molecule has 0 saturated heterocycles. The van der Waals surface area contributed by atoms with Crippen LogP contribution in [0.5, 0.6) is 0 Å². The van der Waals surface area contributed by atoms with Gasteiger partial charge >= 0.3 is 0 Å². The molecule has 0 spiro atoms. The Labute approximate surface area is 83.3 Å². The van der Waals surface area contributed by atoms with Crippen molar-refractivity contribution < 1.29 is 4.43 Å². The number of hydrogen-bond donors (Lipinski definition) is 0. The Morgan fingerprint density at radius 3 is 2.23 bits per heavy atom. The first-order chi connectivity index (χ1) is 5.97. The monoisotopic (exact) mass is 198 g/mol. The first-order valence-electron chi connectivity index (χ1n) is 5.29. The van der Waals surface area contributed by atoms with E-state index >= 15 is 0 Å². The van der Waals surface area contributed by atoms with E-state index in [1.54, 1.807) is 0 Å². The van der Waals surface area contributed by atoms with Gasteiger partial charge in [0.05, 0.1) is 5.60 Å². The highest BCUT2D eigenvalue weighted by Crippen LogP contribution is 2.38. The third-order valence-corrected chi connectivity index (χ3v) is 3.60. The van der Waals surface area contributed by atoms with Gasteiger partial charge in [-0.25, -0.2) is 0 Å². The minimum Gasteiger partial charge on any atom is -0.412 e. The van der Waals surface area contributed by atoms with E-state index in [0.717, 1.165) is 6.42 Å². The quantitative estimate of drug-likeness (QED) is 0.494. The lowest BCUT2D eigenvalue weighted by Crippen LogP contribution is -2.40. The van der Waals surface area contributed by atoms with Crippen molar-refractivity contribution >= 4 is 8.32 Å². The van der Waals surface area contributed by atoms with Crippen LogP contribution in [-0.2, 0) is 4.43 Å². The molecule has 0 aromatic carbocycles. The van der Waals surface area contributed by atoms with Crippen molar-refractivity contribution in [3.63, 3.8) is 0 Å². The van der Waals surface area contributed by atoms with Gasteiger partial charge < -0.3 is 4.43 Å². The van der Waals surface area contributed by atoms with Crippen LogP contribution in [0.15, 0.2) is 12.7 Å². The van der Waals surface area contributed by atoms with Gasteiger partial charge in [0.1, 0.15) is 0 Å². The highest BCUT2D eigenvalue weighted by Gasteiger charge is 2.37. The minimum atomic E-state index is -1.38. The van der Waals surface area contributed by atoms with Crippen LogP contribution >= 0.6 is 0 Å². The van der Waals surface area contributed by atoms with E-state index in [1.807, 2.05) is 6.08 Å². The van der Waals surface area contributed by atoms with Crippen LogP contribution in [0.1, 0.15) is 32.1 Å². The van der Waals surface area contributed by atoms with Gasteiger partial charge in [0, 0.05) is 0 Å². The fraction of sp³-hybridized carbons (Fsp3) is 0.818. The van der Waals surface area contributed by atoms with Crippen LogP contribution < -0.4 is 0 Å². The summed E-state index contributed by atoms with van der Waals surface area (Å²) in [6, 6.07) is 0. The third kappa shape index (κ3) is 3.28. The SMILES string of the molecule is C=CCC1(O[Si](C)(C)C)CCCC1. The Hall–Kier alpha value is -0.0831. The molecule has 1 nitrogen and oxygen atoms in total. The fourth-order valence-electron chi connectivity index (χ4n) is 2.28. The standard InChI is InChI=1S/C11H22OSi/c1-5-8-11(9-6-7-10-11)12-13(2,3)4/h5H,1,6-10H2,2-4H3. The molecule has 0 aromatic rings. The summed E-state index contributed by atoms with van der Waals surface area (Å²) < 4.78 is 6.29. The molecule has 1 saturated carbocycles. The van der Waals surface area contributed by atoms with Gasteiger partial charge in [-0.15, -0.1) is 6.58 Å². The van der Waals surface area contributed by atoms with Crippen LogP contribution in [-0.4, -0.2) is 13.9 Å². The molecule has 0 heterocycles. The number of rotatable bonds is 4. The largest absolute Gasteiger partial charge is 0.412 e. The predicted molar refractivity (Wildman–Crippen MR) is 60.4 cm³/mol. The van der Waals surface area contributed by atoms with Crippen molar-refractivity contribution in [1.82, 2.24) is 0 Å². The first kappa shape index (κ1) is 11.0. The molecule has 0 atom stereocenters. The van der Waals surface area contributed by atoms with Crippen molar-refractivity contribution in [2.45, 2.75) is 57.3 Å². The lowest BCUT2D eigenvalue weighted by atomic mass is 9.98. The fourth-order valence-corrected chi connectivity index (χ4v) is 3.87. The molecule has 76 valence electrons. The average Bonchev–Trinajstić information content (AvgIpc) is 2.33. The van der Waals surface area contributed by atoms with Gasteiger partial charge in [-0.2, -0.15) is 0 Å². The van der Waals surface area contributed by atoms with Gasteiger partial charge in [0.2, 0.25) is 0 Å². The summed E-state index contributed by atoms with van der Waals surface area (Å²) in [5, 5.41) is 0. The maximum Gasteiger partial charge on any atom is 0.184 e. The van der Waals surface area contributed by atoms with Crippen molar-refractivity contribution in [1.29, 1.82) is 0 Å². The number of hydrogen-bond acceptors (Lipinski definition) is 1. The van der Waals surface area contributed by atoms with Crippen LogP contribution in [0.2, 0.25) is 19.6 Å². The van der Waals surface area contributed by atoms with Crippen LogP contribution in [0.4, 0.5) is 0 Å². The first-order valence-corrected chi connectivity index (χ1v) is 8.69. The Kier molecular flexibility index (Phi) is 3.36. The topological polar surface area (TPSA) is 9.23 Å².